The van der Waals surface area contributed by atoms with Gasteiger partial charge >= 0.3 is 5.97 Å². The highest BCUT2D eigenvalue weighted by atomic mass is 32.1. The number of benzene rings is 2. The van der Waals surface area contributed by atoms with Crippen LogP contribution in [0.4, 0.5) is 5.00 Å². The zero-order valence-electron chi connectivity index (χ0n) is 22.9. The third-order valence-electron chi connectivity index (χ3n) is 6.86. The minimum Gasteiger partial charge on any atom is -0.491 e. The first-order chi connectivity index (χ1) is 18.8. The van der Waals surface area contributed by atoms with E-state index < -0.39 is 0 Å². The zero-order chi connectivity index (χ0) is 27.5. The quantitative estimate of drug-likeness (QED) is 0.231. The SMILES string of the molecule is CCCOC(=O)c1c(NC(=O)c2cc(-c3ccc(OC(C)C)cc3)nc3ccccc23)sc2c1CCC(C)C2. The molecular formula is C32H34N2O4S. The van der Waals surface area contributed by atoms with Gasteiger partial charge in [0.25, 0.3) is 5.91 Å². The number of carbonyl (C=O) groups excluding carboxylic acids is 2. The number of thiophene rings is 1. The van der Waals surface area contributed by atoms with Crippen LogP contribution in [0.1, 0.15) is 71.7 Å². The van der Waals surface area contributed by atoms with Crippen LogP contribution in [0.25, 0.3) is 22.2 Å². The van der Waals surface area contributed by atoms with Crippen LogP contribution < -0.4 is 10.1 Å². The van der Waals surface area contributed by atoms with Crippen molar-refractivity contribution in [2.24, 2.45) is 5.92 Å². The summed E-state index contributed by atoms with van der Waals surface area (Å²) < 4.78 is 11.3. The fourth-order valence-corrected chi connectivity index (χ4v) is 6.37. The largest absolute Gasteiger partial charge is 0.491 e. The molecule has 0 spiro atoms. The molecule has 2 aromatic heterocycles. The van der Waals surface area contributed by atoms with Gasteiger partial charge in [-0.05, 0) is 87.4 Å². The molecule has 0 aliphatic heterocycles. The van der Waals surface area contributed by atoms with E-state index in [9.17, 15) is 9.59 Å². The average molecular weight is 543 g/mol. The number of nitrogens with one attached hydrogen (secondary N) is 1. The predicted octanol–water partition coefficient (Wildman–Crippen LogP) is 7.69. The molecule has 0 bridgehead atoms. The molecule has 6 nitrogen and oxygen atoms in total. The standard InChI is InChI=1S/C32H34N2O4S/c1-5-16-37-32(36)29-24-15-10-20(4)17-28(24)39-31(29)34-30(35)25-18-27(33-26-9-7-6-8-23(25)26)21-11-13-22(14-12-21)38-19(2)3/h6-9,11-14,18-20H,5,10,15-17H2,1-4H3,(H,34,35). The predicted molar refractivity (Wildman–Crippen MR) is 157 cm³/mol. The molecule has 202 valence electrons. The van der Waals surface area contributed by atoms with Crippen molar-refractivity contribution in [3.05, 3.63) is 76.2 Å². The molecule has 2 heterocycles. The number of rotatable bonds is 8. The Bertz CT molecular complexity index is 1510. The van der Waals surface area contributed by atoms with Crippen molar-refractivity contribution >= 4 is 39.1 Å². The number of fused-ring (bicyclic) bond motifs is 2. The maximum atomic E-state index is 13.8. The maximum absolute atomic E-state index is 13.8. The van der Waals surface area contributed by atoms with Crippen LogP contribution in [0, 0.1) is 5.92 Å². The lowest BCUT2D eigenvalue weighted by Crippen LogP contribution is -2.17. The van der Waals surface area contributed by atoms with Crippen molar-refractivity contribution in [1.82, 2.24) is 4.98 Å². The summed E-state index contributed by atoms with van der Waals surface area (Å²) in [6, 6.07) is 17.2. The number of pyridine rings is 1. The van der Waals surface area contributed by atoms with E-state index in [0.29, 0.717) is 34.3 Å². The summed E-state index contributed by atoms with van der Waals surface area (Å²) in [5.41, 5.74) is 4.35. The number of esters is 1. The van der Waals surface area contributed by atoms with Crippen molar-refractivity contribution in [3.63, 3.8) is 0 Å². The van der Waals surface area contributed by atoms with Gasteiger partial charge in [-0.25, -0.2) is 9.78 Å². The first kappa shape index (κ1) is 26.9. The summed E-state index contributed by atoms with van der Waals surface area (Å²) >= 11 is 1.50. The van der Waals surface area contributed by atoms with Crippen LogP contribution in [-0.2, 0) is 17.6 Å². The summed E-state index contributed by atoms with van der Waals surface area (Å²) in [5, 5.41) is 4.41. The Morgan fingerprint density at radius 3 is 2.64 bits per heavy atom. The Balaban J connectivity index is 1.52. The summed E-state index contributed by atoms with van der Waals surface area (Å²) in [4.78, 5) is 33.0. The molecule has 4 aromatic rings. The second-order valence-electron chi connectivity index (χ2n) is 10.4. The Labute approximate surface area is 233 Å². The normalized spacial score (nSPS) is 14.7. The van der Waals surface area contributed by atoms with E-state index in [-0.39, 0.29) is 18.0 Å². The number of carbonyl (C=O) groups is 2. The molecule has 1 unspecified atom stereocenters. The zero-order valence-corrected chi connectivity index (χ0v) is 23.7. The molecule has 1 amide bonds. The Morgan fingerprint density at radius 2 is 1.90 bits per heavy atom. The molecule has 1 N–H and O–H groups in total. The average Bonchev–Trinajstić information content (AvgIpc) is 3.27. The van der Waals surface area contributed by atoms with E-state index in [2.05, 4.69) is 12.2 Å². The molecule has 7 heteroatoms. The highest BCUT2D eigenvalue weighted by Crippen LogP contribution is 2.40. The van der Waals surface area contributed by atoms with Gasteiger partial charge in [-0.15, -0.1) is 11.3 Å². The molecule has 1 aliphatic carbocycles. The maximum Gasteiger partial charge on any atom is 0.341 e. The molecule has 39 heavy (non-hydrogen) atoms. The van der Waals surface area contributed by atoms with E-state index in [1.165, 1.54) is 11.3 Å². The number of ether oxygens (including phenoxy) is 2. The molecule has 1 aliphatic rings. The minimum absolute atomic E-state index is 0.0835. The fraction of sp³-hybridized carbons (Fsp3) is 0.344. The van der Waals surface area contributed by atoms with Gasteiger partial charge in [0.15, 0.2) is 0 Å². The van der Waals surface area contributed by atoms with Crippen LogP contribution in [0.5, 0.6) is 5.75 Å². The van der Waals surface area contributed by atoms with Crippen molar-refractivity contribution in [2.45, 2.75) is 59.5 Å². The Morgan fingerprint density at radius 1 is 1.13 bits per heavy atom. The monoisotopic (exact) mass is 542 g/mol. The van der Waals surface area contributed by atoms with Gasteiger partial charge in [-0.2, -0.15) is 0 Å². The van der Waals surface area contributed by atoms with Crippen molar-refractivity contribution in [1.29, 1.82) is 0 Å². The van der Waals surface area contributed by atoms with Crippen molar-refractivity contribution in [3.8, 4) is 17.0 Å². The number of nitrogens with zero attached hydrogens (tertiary/aromatic N) is 1. The van der Waals surface area contributed by atoms with Gasteiger partial charge < -0.3 is 14.8 Å². The minimum atomic E-state index is -0.358. The molecule has 0 radical (unpaired) electrons. The van der Waals surface area contributed by atoms with Gasteiger partial charge in [0.05, 0.1) is 35.0 Å². The second kappa shape index (κ2) is 11.6. The summed E-state index contributed by atoms with van der Waals surface area (Å²) in [6.07, 6.45) is 3.57. The lowest BCUT2D eigenvalue weighted by molar-refractivity contribution is 0.0505. The van der Waals surface area contributed by atoms with Crippen LogP contribution >= 0.6 is 11.3 Å². The summed E-state index contributed by atoms with van der Waals surface area (Å²) in [5.74, 6) is 0.697. The number of amides is 1. The van der Waals surface area contributed by atoms with E-state index >= 15 is 0 Å². The molecule has 0 fully saturated rings. The molecule has 0 saturated carbocycles. The third-order valence-corrected chi connectivity index (χ3v) is 8.03. The summed E-state index contributed by atoms with van der Waals surface area (Å²) in [6.45, 7) is 8.53. The third kappa shape index (κ3) is 5.83. The molecule has 0 saturated heterocycles. The second-order valence-corrected chi connectivity index (χ2v) is 11.5. The molecule has 2 aromatic carbocycles. The van der Waals surface area contributed by atoms with Gasteiger partial charge in [0, 0.05) is 15.8 Å². The lowest BCUT2D eigenvalue weighted by atomic mass is 9.88. The number of aromatic nitrogens is 1. The van der Waals surface area contributed by atoms with Crippen LogP contribution in [0.3, 0.4) is 0 Å². The van der Waals surface area contributed by atoms with Gasteiger partial charge in [0.2, 0.25) is 0 Å². The lowest BCUT2D eigenvalue weighted by Gasteiger charge is -2.18. The van der Waals surface area contributed by atoms with Crippen molar-refractivity contribution < 1.29 is 19.1 Å². The van der Waals surface area contributed by atoms with Gasteiger partial charge in [0.1, 0.15) is 10.8 Å². The van der Waals surface area contributed by atoms with E-state index in [4.69, 9.17) is 14.5 Å². The van der Waals surface area contributed by atoms with Crippen LogP contribution in [-0.4, -0.2) is 29.6 Å². The first-order valence-corrected chi connectivity index (χ1v) is 14.5. The molecule has 5 rings (SSSR count). The van der Waals surface area contributed by atoms with E-state index in [0.717, 1.165) is 58.3 Å². The van der Waals surface area contributed by atoms with Gasteiger partial charge in [-0.3, -0.25) is 4.79 Å². The van der Waals surface area contributed by atoms with Crippen LogP contribution in [0.2, 0.25) is 0 Å². The highest BCUT2D eigenvalue weighted by Gasteiger charge is 2.29. The first-order valence-electron chi connectivity index (χ1n) is 13.6. The molecule has 1 atom stereocenters. The topological polar surface area (TPSA) is 77.5 Å². The fourth-order valence-electron chi connectivity index (χ4n) is 4.98. The number of hydrogen-bond donors (Lipinski definition) is 1. The number of para-hydroxylation sites is 1. The van der Waals surface area contributed by atoms with Crippen molar-refractivity contribution in [2.75, 3.05) is 11.9 Å². The smallest absolute Gasteiger partial charge is 0.341 e. The number of hydrogen-bond acceptors (Lipinski definition) is 6. The Kier molecular flexibility index (Phi) is 7.98. The van der Waals surface area contributed by atoms with Gasteiger partial charge in [-0.1, -0.05) is 32.0 Å². The van der Waals surface area contributed by atoms with Crippen LogP contribution in [0.15, 0.2) is 54.6 Å². The Hall–Kier alpha value is -3.71. The number of anilines is 1. The highest BCUT2D eigenvalue weighted by molar-refractivity contribution is 7.17. The molecular weight excluding hydrogens is 508 g/mol. The van der Waals surface area contributed by atoms with E-state index in [1.54, 1.807) is 0 Å². The van der Waals surface area contributed by atoms with E-state index in [1.807, 2.05) is 75.4 Å². The summed E-state index contributed by atoms with van der Waals surface area (Å²) in [7, 11) is 0.